The molecule has 0 radical (unpaired) electrons. The van der Waals surface area contributed by atoms with E-state index in [9.17, 15) is 4.79 Å². The Morgan fingerprint density at radius 1 is 0.913 bits per heavy atom. The molecular formula is C19H26N2OS. The monoisotopic (exact) mass is 330 g/mol. The van der Waals surface area contributed by atoms with Gasteiger partial charge in [-0.2, -0.15) is 0 Å². The molecule has 0 aliphatic heterocycles. The lowest BCUT2D eigenvalue weighted by Crippen LogP contribution is -2.26. The summed E-state index contributed by atoms with van der Waals surface area (Å²) in [6, 6.07) is 0. The number of carbonyl (C=O) groups excluding carboxylic acids is 1. The van der Waals surface area contributed by atoms with Crippen molar-refractivity contribution >= 4 is 17.2 Å². The Hall–Kier alpha value is -1.68. The summed E-state index contributed by atoms with van der Waals surface area (Å²) in [5.74, 6) is -0.0102. The van der Waals surface area contributed by atoms with Crippen LogP contribution in [0.1, 0.15) is 53.8 Å². The Kier molecular flexibility index (Phi) is 5.25. The first-order valence-electron chi connectivity index (χ1n) is 8.02. The van der Waals surface area contributed by atoms with E-state index in [0.29, 0.717) is 6.54 Å². The molecule has 0 fully saturated rings. The highest BCUT2D eigenvalue weighted by Gasteiger charge is 2.15. The third kappa shape index (κ3) is 3.47. The molecule has 1 N–H and O–H groups in total. The van der Waals surface area contributed by atoms with E-state index < -0.39 is 0 Å². The highest BCUT2D eigenvalue weighted by molar-refractivity contribution is 7.13. The minimum absolute atomic E-state index is 0.0102. The summed E-state index contributed by atoms with van der Waals surface area (Å²) in [5, 5.41) is 3.98. The van der Waals surface area contributed by atoms with Crippen LogP contribution in [0.2, 0.25) is 0 Å². The molecule has 0 bridgehead atoms. The normalized spacial score (nSPS) is 10.9. The second-order valence-corrected chi connectivity index (χ2v) is 7.46. The van der Waals surface area contributed by atoms with Crippen molar-refractivity contribution in [3.05, 3.63) is 49.0 Å². The molecule has 0 saturated carbocycles. The summed E-state index contributed by atoms with van der Waals surface area (Å²) >= 11 is 1.46. The van der Waals surface area contributed by atoms with Gasteiger partial charge in [-0.1, -0.05) is 0 Å². The summed E-state index contributed by atoms with van der Waals surface area (Å²) in [6.45, 7) is 15.4. The minimum Gasteiger partial charge on any atom is -0.351 e. The van der Waals surface area contributed by atoms with Gasteiger partial charge in [0.05, 0.1) is 10.7 Å². The van der Waals surface area contributed by atoms with Gasteiger partial charge in [0.25, 0.3) is 5.91 Å². The zero-order valence-electron chi connectivity index (χ0n) is 15.2. The predicted molar refractivity (Wildman–Crippen MR) is 97.8 cm³/mol. The molecule has 1 aromatic heterocycles. The van der Waals surface area contributed by atoms with E-state index in [1.54, 1.807) is 0 Å². The van der Waals surface area contributed by atoms with Gasteiger partial charge in [-0.25, -0.2) is 4.98 Å². The van der Waals surface area contributed by atoms with Crippen LogP contribution in [-0.4, -0.2) is 17.4 Å². The molecule has 0 atom stereocenters. The first kappa shape index (κ1) is 17.7. The molecule has 1 aromatic carbocycles. The van der Waals surface area contributed by atoms with Gasteiger partial charge in [0.1, 0.15) is 4.88 Å². The van der Waals surface area contributed by atoms with Gasteiger partial charge in [0.15, 0.2) is 0 Å². The number of aromatic nitrogens is 1. The van der Waals surface area contributed by atoms with Gasteiger partial charge >= 0.3 is 0 Å². The van der Waals surface area contributed by atoms with Crippen molar-refractivity contribution in [3.8, 4) is 0 Å². The highest BCUT2D eigenvalue weighted by Crippen LogP contribution is 2.26. The third-order valence-corrected chi connectivity index (χ3v) is 6.00. The molecule has 0 aliphatic carbocycles. The van der Waals surface area contributed by atoms with Crippen molar-refractivity contribution in [2.24, 2.45) is 0 Å². The molecule has 23 heavy (non-hydrogen) atoms. The molecule has 0 aliphatic rings. The molecule has 1 heterocycles. The lowest BCUT2D eigenvalue weighted by Gasteiger charge is -2.18. The average molecular weight is 330 g/mol. The van der Waals surface area contributed by atoms with Crippen LogP contribution < -0.4 is 5.32 Å². The van der Waals surface area contributed by atoms with Gasteiger partial charge in [-0.05, 0) is 88.3 Å². The summed E-state index contributed by atoms with van der Waals surface area (Å²) in [7, 11) is 0. The fourth-order valence-corrected chi connectivity index (χ4v) is 3.91. The molecule has 1 amide bonds. The van der Waals surface area contributed by atoms with Gasteiger partial charge in [0.2, 0.25) is 0 Å². The number of hydrogen-bond donors (Lipinski definition) is 1. The van der Waals surface area contributed by atoms with E-state index in [0.717, 1.165) is 22.0 Å². The van der Waals surface area contributed by atoms with Crippen molar-refractivity contribution in [1.29, 1.82) is 0 Å². The molecule has 0 saturated heterocycles. The summed E-state index contributed by atoms with van der Waals surface area (Å²) in [4.78, 5) is 17.3. The SMILES string of the molecule is Cc1nc(C)c(C(=O)NCCc2c(C)c(C)c(C)c(C)c2C)s1. The number of rotatable bonds is 4. The van der Waals surface area contributed by atoms with Crippen LogP contribution in [0.3, 0.4) is 0 Å². The number of nitrogens with zero attached hydrogens (tertiary/aromatic N) is 1. The number of nitrogens with one attached hydrogen (secondary N) is 1. The summed E-state index contributed by atoms with van der Waals surface area (Å²) < 4.78 is 0. The lowest BCUT2D eigenvalue weighted by atomic mass is 9.88. The number of aryl methyl sites for hydroxylation is 2. The molecule has 4 heteroatoms. The first-order chi connectivity index (χ1) is 10.7. The molecule has 2 rings (SSSR count). The quantitative estimate of drug-likeness (QED) is 0.909. The van der Waals surface area contributed by atoms with Gasteiger partial charge in [-0.3, -0.25) is 4.79 Å². The molecule has 3 nitrogen and oxygen atoms in total. The summed E-state index contributed by atoms with van der Waals surface area (Å²) in [6.07, 6.45) is 0.863. The number of amides is 1. The van der Waals surface area contributed by atoms with Crippen molar-refractivity contribution in [3.63, 3.8) is 0 Å². The predicted octanol–water partition coefficient (Wildman–Crippen LogP) is 4.27. The third-order valence-electron chi connectivity index (χ3n) is 4.93. The van der Waals surface area contributed by atoms with Gasteiger partial charge in [0, 0.05) is 6.54 Å². The van der Waals surface area contributed by atoms with Crippen LogP contribution in [0.15, 0.2) is 0 Å². The molecule has 0 spiro atoms. The Morgan fingerprint density at radius 2 is 1.43 bits per heavy atom. The van der Waals surface area contributed by atoms with Crippen molar-refractivity contribution in [2.75, 3.05) is 6.54 Å². The maximum Gasteiger partial charge on any atom is 0.263 e. The smallest absolute Gasteiger partial charge is 0.263 e. The average Bonchev–Trinajstić information content (AvgIpc) is 2.85. The molecule has 2 aromatic rings. The minimum atomic E-state index is -0.0102. The topological polar surface area (TPSA) is 42.0 Å². The van der Waals surface area contributed by atoms with Crippen LogP contribution in [-0.2, 0) is 6.42 Å². The largest absolute Gasteiger partial charge is 0.351 e. The van der Waals surface area contributed by atoms with E-state index in [1.807, 2.05) is 13.8 Å². The van der Waals surface area contributed by atoms with Crippen LogP contribution in [0, 0.1) is 48.5 Å². The Labute approximate surface area is 143 Å². The Balaban J connectivity index is 2.10. The van der Waals surface area contributed by atoms with Crippen molar-refractivity contribution in [2.45, 2.75) is 54.9 Å². The van der Waals surface area contributed by atoms with Crippen LogP contribution in [0.25, 0.3) is 0 Å². The maximum absolute atomic E-state index is 12.3. The zero-order chi connectivity index (χ0) is 17.3. The van der Waals surface area contributed by atoms with Gasteiger partial charge < -0.3 is 5.32 Å². The number of thiazole rings is 1. The maximum atomic E-state index is 12.3. The number of hydrogen-bond acceptors (Lipinski definition) is 3. The van der Waals surface area contributed by atoms with Gasteiger partial charge in [-0.15, -0.1) is 11.3 Å². The zero-order valence-corrected chi connectivity index (χ0v) is 16.0. The van der Waals surface area contributed by atoms with E-state index in [4.69, 9.17) is 0 Å². The fourth-order valence-electron chi connectivity index (χ4n) is 3.08. The highest BCUT2D eigenvalue weighted by atomic mass is 32.1. The molecule has 124 valence electrons. The number of benzene rings is 1. The fraction of sp³-hybridized carbons (Fsp3) is 0.474. The van der Waals surface area contributed by atoms with E-state index in [-0.39, 0.29) is 5.91 Å². The Morgan fingerprint density at radius 3 is 1.91 bits per heavy atom. The first-order valence-corrected chi connectivity index (χ1v) is 8.83. The van der Waals surface area contributed by atoms with Crippen LogP contribution in [0.5, 0.6) is 0 Å². The second-order valence-electron chi connectivity index (χ2n) is 6.26. The number of carbonyl (C=O) groups is 1. The van der Waals surface area contributed by atoms with Crippen molar-refractivity contribution in [1.82, 2.24) is 10.3 Å². The van der Waals surface area contributed by atoms with E-state index >= 15 is 0 Å². The standard InChI is InChI=1S/C19H26N2OS/c1-10-11(2)13(4)17(14(5)12(10)3)8-9-20-19(22)18-15(6)21-16(7)23-18/h8-9H2,1-7H3,(H,20,22). The summed E-state index contributed by atoms with van der Waals surface area (Å²) in [5.41, 5.74) is 8.99. The van der Waals surface area contributed by atoms with Crippen LogP contribution >= 0.6 is 11.3 Å². The molecular weight excluding hydrogens is 304 g/mol. The Bertz CT molecular complexity index is 730. The van der Waals surface area contributed by atoms with E-state index in [1.165, 1.54) is 44.7 Å². The van der Waals surface area contributed by atoms with Crippen LogP contribution in [0.4, 0.5) is 0 Å². The lowest BCUT2D eigenvalue weighted by molar-refractivity contribution is 0.0957. The molecule has 0 unspecified atom stereocenters. The second kappa shape index (κ2) is 6.83. The van der Waals surface area contributed by atoms with Crippen molar-refractivity contribution < 1.29 is 4.79 Å². The van der Waals surface area contributed by atoms with E-state index in [2.05, 4.69) is 44.9 Å².